The fourth-order valence-corrected chi connectivity index (χ4v) is 2.80. The maximum absolute atomic E-state index is 12.0. The summed E-state index contributed by atoms with van der Waals surface area (Å²) in [5.74, 6) is 0. The highest BCUT2D eigenvalue weighted by Crippen LogP contribution is 2.36. The van der Waals surface area contributed by atoms with Crippen LogP contribution in [0.1, 0.15) is 32.6 Å². The van der Waals surface area contributed by atoms with Gasteiger partial charge in [0.25, 0.3) is 5.56 Å². The number of hydrogen-bond donors (Lipinski definition) is 1. The van der Waals surface area contributed by atoms with Gasteiger partial charge in [-0.15, -0.1) is 0 Å². The van der Waals surface area contributed by atoms with Gasteiger partial charge in [-0.1, -0.05) is 18.5 Å². The molecule has 1 aromatic heterocycles. The van der Waals surface area contributed by atoms with Gasteiger partial charge in [-0.2, -0.15) is 5.10 Å². The lowest BCUT2D eigenvalue weighted by Gasteiger charge is -2.47. The standard InChI is InChI=1S/C14H23ClN4O/c1-4-8-19-13(20)12(15)11(9-17-19)16-10-14(18(2)3)6-5-7-14/h9,16H,4-8,10H2,1-3H3. The van der Waals surface area contributed by atoms with Gasteiger partial charge in [0, 0.05) is 18.6 Å². The summed E-state index contributed by atoms with van der Waals surface area (Å²) in [7, 11) is 4.19. The number of anilines is 1. The Kier molecular flexibility index (Phi) is 4.70. The highest BCUT2D eigenvalue weighted by Gasteiger charge is 2.38. The third-order valence-corrected chi connectivity index (χ3v) is 4.63. The van der Waals surface area contributed by atoms with Crippen molar-refractivity contribution in [2.45, 2.75) is 44.7 Å². The lowest BCUT2D eigenvalue weighted by molar-refractivity contribution is 0.0739. The van der Waals surface area contributed by atoms with Crippen molar-refractivity contribution >= 4 is 17.3 Å². The van der Waals surface area contributed by atoms with E-state index in [0.29, 0.717) is 12.2 Å². The predicted molar refractivity (Wildman–Crippen MR) is 82.6 cm³/mol. The minimum absolute atomic E-state index is 0.182. The van der Waals surface area contributed by atoms with Crippen molar-refractivity contribution in [2.75, 3.05) is 26.0 Å². The summed E-state index contributed by atoms with van der Waals surface area (Å²) in [5, 5.41) is 7.70. The molecule has 0 unspecified atom stereocenters. The molecule has 5 nitrogen and oxygen atoms in total. The van der Waals surface area contributed by atoms with Gasteiger partial charge in [-0.3, -0.25) is 4.79 Å². The van der Waals surface area contributed by atoms with Crippen LogP contribution in [0.2, 0.25) is 5.02 Å². The third kappa shape index (κ3) is 2.83. The summed E-state index contributed by atoms with van der Waals surface area (Å²) < 4.78 is 1.42. The molecule has 0 spiro atoms. The van der Waals surface area contributed by atoms with E-state index >= 15 is 0 Å². The van der Waals surface area contributed by atoms with Crippen LogP contribution in [0.15, 0.2) is 11.0 Å². The zero-order valence-corrected chi connectivity index (χ0v) is 13.2. The van der Waals surface area contributed by atoms with Crippen LogP contribution in [0.4, 0.5) is 5.69 Å². The molecule has 112 valence electrons. The minimum Gasteiger partial charge on any atom is -0.381 e. The Bertz CT molecular complexity index is 522. The van der Waals surface area contributed by atoms with E-state index in [4.69, 9.17) is 11.6 Å². The molecule has 1 saturated carbocycles. The first kappa shape index (κ1) is 15.3. The van der Waals surface area contributed by atoms with E-state index in [1.54, 1.807) is 6.20 Å². The van der Waals surface area contributed by atoms with E-state index in [2.05, 4.69) is 29.4 Å². The molecule has 1 aromatic rings. The molecule has 0 aliphatic heterocycles. The van der Waals surface area contributed by atoms with Crippen molar-refractivity contribution in [1.82, 2.24) is 14.7 Å². The number of nitrogens with zero attached hydrogens (tertiary/aromatic N) is 3. The van der Waals surface area contributed by atoms with Gasteiger partial charge >= 0.3 is 0 Å². The highest BCUT2D eigenvalue weighted by molar-refractivity contribution is 6.32. The lowest BCUT2D eigenvalue weighted by atomic mass is 9.75. The van der Waals surface area contributed by atoms with Crippen LogP contribution in [0.5, 0.6) is 0 Å². The van der Waals surface area contributed by atoms with Gasteiger partial charge in [0.2, 0.25) is 0 Å². The molecule has 0 radical (unpaired) electrons. The van der Waals surface area contributed by atoms with Crippen LogP contribution < -0.4 is 10.9 Å². The van der Waals surface area contributed by atoms with Crippen molar-refractivity contribution in [2.24, 2.45) is 0 Å². The molecule has 0 saturated heterocycles. The molecule has 20 heavy (non-hydrogen) atoms. The van der Waals surface area contributed by atoms with Crippen molar-refractivity contribution < 1.29 is 0 Å². The van der Waals surface area contributed by atoms with E-state index in [1.165, 1.54) is 23.9 Å². The first-order chi connectivity index (χ1) is 9.50. The number of aromatic nitrogens is 2. The van der Waals surface area contributed by atoms with Crippen molar-refractivity contribution in [1.29, 1.82) is 0 Å². The summed E-state index contributed by atoms with van der Waals surface area (Å²) in [6.45, 7) is 3.39. The molecule has 0 bridgehead atoms. The van der Waals surface area contributed by atoms with Crippen LogP contribution in [0.25, 0.3) is 0 Å². The summed E-state index contributed by atoms with van der Waals surface area (Å²) in [4.78, 5) is 14.3. The Labute approximate surface area is 124 Å². The second kappa shape index (κ2) is 6.14. The van der Waals surface area contributed by atoms with Gasteiger partial charge in [-0.25, -0.2) is 4.68 Å². The summed E-state index contributed by atoms with van der Waals surface area (Å²) in [6.07, 6.45) is 6.11. The number of likely N-dealkylation sites (N-methyl/N-ethyl adjacent to an activating group) is 1. The van der Waals surface area contributed by atoms with E-state index < -0.39 is 0 Å². The van der Waals surface area contributed by atoms with Gasteiger partial charge in [-0.05, 0) is 39.8 Å². The van der Waals surface area contributed by atoms with Crippen LogP contribution in [-0.2, 0) is 6.54 Å². The van der Waals surface area contributed by atoms with Crippen LogP contribution in [0, 0.1) is 0 Å². The molecule has 1 N–H and O–H groups in total. The molecular formula is C14H23ClN4O. The molecule has 1 heterocycles. The topological polar surface area (TPSA) is 50.2 Å². The van der Waals surface area contributed by atoms with Crippen molar-refractivity contribution in [3.8, 4) is 0 Å². The van der Waals surface area contributed by atoms with Gasteiger partial charge in [0.05, 0.1) is 11.9 Å². The Morgan fingerprint density at radius 1 is 1.50 bits per heavy atom. The largest absolute Gasteiger partial charge is 0.381 e. The monoisotopic (exact) mass is 298 g/mol. The molecule has 6 heteroatoms. The quantitative estimate of drug-likeness (QED) is 0.875. The average Bonchev–Trinajstić information content (AvgIpc) is 2.36. The van der Waals surface area contributed by atoms with Crippen LogP contribution in [0.3, 0.4) is 0 Å². The second-order valence-corrected chi connectivity index (χ2v) is 6.10. The number of halogens is 1. The first-order valence-electron chi connectivity index (χ1n) is 7.17. The smallest absolute Gasteiger partial charge is 0.287 e. The average molecular weight is 299 g/mol. The summed E-state index contributed by atoms with van der Waals surface area (Å²) in [5.41, 5.74) is 0.602. The molecule has 1 aliphatic rings. The normalized spacial score (nSPS) is 17.1. The first-order valence-corrected chi connectivity index (χ1v) is 7.55. The van der Waals surface area contributed by atoms with E-state index in [1.807, 2.05) is 6.92 Å². The molecule has 0 atom stereocenters. The Balaban J connectivity index is 2.11. The molecule has 0 amide bonds. The fraction of sp³-hybridized carbons (Fsp3) is 0.714. The SMILES string of the molecule is CCCn1ncc(NCC2(N(C)C)CCC2)c(Cl)c1=O. The molecule has 0 aromatic carbocycles. The van der Waals surface area contributed by atoms with Crippen molar-refractivity contribution in [3.63, 3.8) is 0 Å². The zero-order chi connectivity index (χ0) is 14.8. The number of hydrogen-bond acceptors (Lipinski definition) is 4. The predicted octanol–water partition coefficient (Wildman–Crippen LogP) is 2.20. The number of rotatable bonds is 6. The Morgan fingerprint density at radius 3 is 2.70 bits per heavy atom. The second-order valence-electron chi connectivity index (χ2n) is 5.73. The summed E-state index contributed by atoms with van der Waals surface area (Å²) in [6, 6.07) is 0. The van der Waals surface area contributed by atoms with E-state index in [-0.39, 0.29) is 16.1 Å². The molecule has 1 aliphatic carbocycles. The van der Waals surface area contributed by atoms with Gasteiger partial charge in [0.15, 0.2) is 0 Å². The highest BCUT2D eigenvalue weighted by atomic mass is 35.5. The maximum Gasteiger partial charge on any atom is 0.287 e. The fourth-order valence-electron chi connectivity index (χ4n) is 2.59. The minimum atomic E-state index is -0.217. The van der Waals surface area contributed by atoms with Gasteiger partial charge < -0.3 is 10.2 Å². The van der Waals surface area contributed by atoms with E-state index in [9.17, 15) is 4.79 Å². The van der Waals surface area contributed by atoms with Crippen LogP contribution >= 0.6 is 11.6 Å². The van der Waals surface area contributed by atoms with Crippen molar-refractivity contribution in [3.05, 3.63) is 21.6 Å². The zero-order valence-electron chi connectivity index (χ0n) is 12.4. The number of aryl methyl sites for hydroxylation is 1. The molecular weight excluding hydrogens is 276 g/mol. The summed E-state index contributed by atoms with van der Waals surface area (Å²) >= 11 is 6.15. The Hall–Kier alpha value is -1.07. The van der Waals surface area contributed by atoms with E-state index in [0.717, 1.165) is 13.0 Å². The Morgan fingerprint density at radius 2 is 2.20 bits per heavy atom. The third-order valence-electron chi connectivity index (χ3n) is 4.26. The van der Waals surface area contributed by atoms with Crippen LogP contribution in [-0.4, -0.2) is 40.9 Å². The van der Waals surface area contributed by atoms with Gasteiger partial charge in [0.1, 0.15) is 5.02 Å². The molecule has 1 fully saturated rings. The number of nitrogens with one attached hydrogen (secondary N) is 1. The lowest BCUT2D eigenvalue weighted by Crippen LogP contribution is -2.54. The molecule has 2 rings (SSSR count). The maximum atomic E-state index is 12.0.